The quantitative estimate of drug-likeness (QED) is 0.697. The summed E-state index contributed by atoms with van der Waals surface area (Å²) < 4.78 is 39.4. The van der Waals surface area contributed by atoms with Gasteiger partial charge in [-0.3, -0.25) is 0 Å². The molecule has 2 amide bonds. The van der Waals surface area contributed by atoms with Gasteiger partial charge in [0.2, 0.25) is 10.0 Å². The summed E-state index contributed by atoms with van der Waals surface area (Å²) in [6.07, 6.45) is 5.51. The van der Waals surface area contributed by atoms with Gasteiger partial charge in [-0.1, -0.05) is 30.3 Å². The first-order valence-corrected chi connectivity index (χ1v) is 13.4. The predicted molar refractivity (Wildman–Crippen MR) is 122 cm³/mol. The molecule has 2 atom stereocenters. The molecule has 0 radical (unpaired) electrons. The summed E-state index contributed by atoms with van der Waals surface area (Å²) in [6.45, 7) is 3.51. The molecule has 178 valence electrons. The smallest absolute Gasteiger partial charge is 0.317 e. The van der Waals surface area contributed by atoms with Crippen LogP contribution >= 0.6 is 0 Å². The Hall–Kier alpha value is -1.68. The maximum atomic E-state index is 12.8. The normalized spacial score (nSPS) is 32.5. The van der Waals surface area contributed by atoms with Crippen LogP contribution in [0.3, 0.4) is 0 Å². The minimum absolute atomic E-state index is 0.117. The first kappa shape index (κ1) is 23.5. The van der Waals surface area contributed by atoms with Gasteiger partial charge in [0.25, 0.3) is 0 Å². The molecule has 3 fully saturated rings. The van der Waals surface area contributed by atoms with Crippen LogP contribution in [-0.2, 0) is 19.5 Å². The van der Waals surface area contributed by atoms with E-state index in [9.17, 15) is 13.2 Å². The number of likely N-dealkylation sites (tertiary alicyclic amines) is 1. The second kappa shape index (κ2) is 10.1. The summed E-state index contributed by atoms with van der Waals surface area (Å²) in [6, 6.07) is 10.0. The van der Waals surface area contributed by atoms with Gasteiger partial charge in [-0.15, -0.1) is 0 Å². The maximum absolute atomic E-state index is 12.8. The highest BCUT2D eigenvalue weighted by Crippen LogP contribution is 2.36. The number of piperidine rings is 1. The van der Waals surface area contributed by atoms with Gasteiger partial charge in [-0.2, -0.15) is 0 Å². The van der Waals surface area contributed by atoms with Gasteiger partial charge in [0.15, 0.2) is 5.94 Å². The van der Waals surface area contributed by atoms with Crippen LogP contribution in [-0.4, -0.2) is 69.3 Å². The SMILES string of the molecule is CCNC(=O)N1CCCC2(COCS(=O)(=O)N2)C1COC1CCC(c2ccccc2)CC1. The van der Waals surface area contributed by atoms with E-state index in [1.807, 2.05) is 13.0 Å². The van der Waals surface area contributed by atoms with Crippen molar-refractivity contribution in [2.24, 2.45) is 0 Å². The number of ether oxygens (including phenoxy) is 2. The Labute approximate surface area is 191 Å². The zero-order valence-electron chi connectivity index (χ0n) is 18.8. The number of nitrogens with zero attached hydrogens (tertiary/aromatic N) is 1. The molecule has 0 bridgehead atoms. The molecule has 1 aromatic rings. The highest BCUT2D eigenvalue weighted by Gasteiger charge is 2.51. The fourth-order valence-corrected chi connectivity index (χ4v) is 6.71. The van der Waals surface area contributed by atoms with Crippen molar-refractivity contribution in [3.8, 4) is 0 Å². The topological polar surface area (TPSA) is 97.0 Å². The standard InChI is InChI=1S/C23H35N3O5S/c1-2-24-22(27)26-14-6-13-23(16-30-17-32(28,29)25-23)21(26)15-31-20-11-9-19(10-12-20)18-7-4-3-5-8-18/h3-5,7-8,19-21,25H,2,6,9-17H2,1H3,(H,24,27). The summed E-state index contributed by atoms with van der Waals surface area (Å²) in [4.78, 5) is 14.5. The molecule has 2 N–H and O–H groups in total. The molecule has 1 saturated carbocycles. The Morgan fingerprint density at radius 2 is 2.00 bits per heavy atom. The van der Waals surface area contributed by atoms with E-state index in [2.05, 4.69) is 34.3 Å². The fraction of sp³-hybridized carbons (Fsp3) is 0.696. The molecule has 0 aromatic heterocycles. The molecule has 2 aliphatic heterocycles. The van der Waals surface area contributed by atoms with Crippen molar-refractivity contribution >= 4 is 16.1 Å². The van der Waals surface area contributed by atoms with Crippen LogP contribution in [0.5, 0.6) is 0 Å². The second-order valence-corrected chi connectivity index (χ2v) is 10.9. The summed E-state index contributed by atoms with van der Waals surface area (Å²) in [7, 11) is -3.55. The average molecular weight is 466 g/mol. The third kappa shape index (κ3) is 5.27. The van der Waals surface area contributed by atoms with Crippen LogP contribution in [0.15, 0.2) is 30.3 Å². The van der Waals surface area contributed by atoms with Crippen molar-refractivity contribution in [1.29, 1.82) is 0 Å². The largest absolute Gasteiger partial charge is 0.376 e. The van der Waals surface area contributed by atoms with E-state index >= 15 is 0 Å². The fourth-order valence-electron chi connectivity index (χ4n) is 5.44. The summed E-state index contributed by atoms with van der Waals surface area (Å²) in [5.41, 5.74) is 0.537. The number of hydrogen-bond donors (Lipinski definition) is 2. The number of urea groups is 1. The first-order valence-electron chi connectivity index (χ1n) is 11.7. The van der Waals surface area contributed by atoms with Crippen LogP contribution in [0.4, 0.5) is 4.79 Å². The number of carbonyl (C=O) groups excluding carboxylic acids is 1. The molecule has 1 aliphatic carbocycles. The summed E-state index contributed by atoms with van der Waals surface area (Å²) in [5.74, 6) is 0.218. The molecule has 8 nitrogen and oxygen atoms in total. The lowest BCUT2D eigenvalue weighted by molar-refractivity contribution is -0.0576. The zero-order valence-corrected chi connectivity index (χ0v) is 19.6. The van der Waals surface area contributed by atoms with Gasteiger partial charge in [0.05, 0.1) is 30.9 Å². The Kier molecular flexibility index (Phi) is 7.39. The van der Waals surface area contributed by atoms with E-state index < -0.39 is 21.6 Å². The van der Waals surface area contributed by atoms with E-state index in [-0.39, 0.29) is 24.7 Å². The molecule has 9 heteroatoms. The number of nitrogens with one attached hydrogen (secondary N) is 2. The minimum atomic E-state index is -3.55. The second-order valence-electron chi connectivity index (χ2n) is 9.21. The Morgan fingerprint density at radius 3 is 2.69 bits per heavy atom. The van der Waals surface area contributed by atoms with E-state index in [1.54, 1.807) is 4.90 Å². The molecule has 3 aliphatic rings. The summed E-state index contributed by atoms with van der Waals surface area (Å²) in [5, 5.41) is 2.86. The maximum Gasteiger partial charge on any atom is 0.317 e. The van der Waals surface area contributed by atoms with Crippen LogP contribution in [0.1, 0.15) is 56.9 Å². The lowest BCUT2D eigenvalue weighted by Crippen LogP contribution is -2.72. The molecule has 4 rings (SSSR count). The van der Waals surface area contributed by atoms with Gasteiger partial charge >= 0.3 is 6.03 Å². The molecule has 2 saturated heterocycles. The van der Waals surface area contributed by atoms with Crippen molar-refractivity contribution in [2.45, 2.75) is 69.1 Å². The van der Waals surface area contributed by atoms with Crippen LogP contribution in [0.25, 0.3) is 0 Å². The van der Waals surface area contributed by atoms with Crippen LogP contribution in [0.2, 0.25) is 0 Å². The van der Waals surface area contributed by atoms with E-state index in [0.717, 1.165) is 25.7 Å². The number of amides is 2. The molecule has 1 spiro atoms. The number of rotatable bonds is 5. The third-order valence-electron chi connectivity index (χ3n) is 7.02. The van der Waals surface area contributed by atoms with Crippen molar-refractivity contribution < 1.29 is 22.7 Å². The Morgan fingerprint density at radius 1 is 1.25 bits per heavy atom. The average Bonchev–Trinajstić information content (AvgIpc) is 2.78. The zero-order chi connectivity index (χ0) is 22.6. The molecule has 2 unspecified atom stereocenters. The van der Waals surface area contributed by atoms with Gasteiger partial charge < -0.3 is 19.7 Å². The molecular formula is C23H35N3O5S. The van der Waals surface area contributed by atoms with E-state index in [4.69, 9.17) is 9.47 Å². The number of hydrogen-bond acceptors (Lipinski definition) is 5. The lowest BCUT2D eigenvalue weighted by Gasteiger charge is -2.51. The van der Waals surface area contributed by atoms with E-state index in [0.29, 0.717) is 38.5 Å². The summed E-state index contributed by atoms with van der Waals surface area (Å²) >= 11 is 0. The number of carbonyl (C=O) groups is 1. The monoisotopic (exact) mass is 465 g/mol. The predicted octanol–water partition coefficient (Wildman–Crippen LogP) is 2.57. The van der Waals surface area contributed by atoms with Gasteiger partial charge in [-0.25, -0.2) is 17.9 Å². The highest BCUT2D eigenvalue weighted by molar-refractivity contribution is 7.89. The van der Waals surface area contributed by atoms with Crippen molar-refractivity contribution in [1.82, 2.24) is 14.9 Å². The van der Waals surface area contributed by atoms with Crippen LogP contribution < -0.4 is 10.0 Å². The van der Waals surface area contributed by atoms with E-state index in [1.165, 1.54) is 5.56 Å². The van der Waals surface area contributed by atoms with Crippen LogP contribution in [0, 0.1) is 0 Å². The van der Waals surface area contributed by atoms with Gasteiger partial charge in [-0.05, 0) is 56.9 Å². The van der Waals surface area contributed by atoms with Crippen molar-refractivity contribution in [3.63, 3.8) is 0 Å². The highest BCUT2D eigenvalue weighted by atomic mass is 32.2. The first-order chi connectivity index (χ1) is 15.4. The Balaban J connectivity index is 1.43. The van der Waals surface area contributed by atoms with Gasteiger partial charge in [0, 0.05) is 13.1 Å². The van der Waals surface area contributed by atoms with Gasteiger partial charge in [0.1, 0.15) is 0 Å². The minimum Gasteiger partial charge on any atom is -0.376 e. The third-order valence-corrected chi connectivity index (χ3v) is 8.21. The van der Waals surface area contributed by atoms with Crippen molar-refractivity contribution in [2.75, 3.05) is 32.2 Å². The molecule has 2 heterocycles. The lowest BCUT2D eigenvalue weighted by atomic mass is 9.81. The Bertz CT molecular complexity index is 869. The molecule has 1 aromatic carbocycles. The number of sulfonamides is 1. The molecular weight excluding hydrogens is 430 g/mol. The number of benzene rings is 1. The van der Waals surface area contributed by atoms with Crippen molar-refractivity contribution in [3.05, 3.63) is 35.9 Å². The molecule has 32 heavy (non-hydrogen) atoms.